The number of rotatable bonds is 5. The summed E-state index contributed by atoms with van der Waals surface area (Å²) in [6.07, 6.45) is 2.94. The lowest BCUT2D eigenvalue weighted by molar-refractivity contribution is 0.481. The van der Waals surface area contributed by atoms with Gasteiger partial charge in [0.1, 0.15) is 11.5 Å². The topological polar surface area (TPSA) is 35.2 Å². The van der Waals surface area contributed by atoms with E-state index in [1.165, 1.54) is 10.5 Å². The zero-order chi connectivity index (χ0) is 12.8. The van der Waals surface area contributed by atoms with Crippen LogP contribution in [0.1, 0.15) is 5.56 Å². The minimum Gasteiger partial charge on any atom is -0.457 e. The first-order chi connectivity index (χ1) is 8.81. The fraction of sp³-hybridized carbons (Fsp3) is 0.200. The minimum absolute atomic E-state index is 0.659. The molecule has 0 unspecified atom stereocenters. The number of hydrogen-bond acceptors (Lipinski definition) is 3. The Kier molecular flexibility index (Phi) is 4.67. The molecular weight excluding hydrogens is 242 g/mol. The van der Waals surface area contributed by atoms with Crippen LogP contribution in [0.3, 0.4) is 0 Å². The molecule has 2 aromatic carbocycles. The van der Waals surface area contributed by atoms with Gasteiger partial charge in [-0.05, 0) is 61.2 Å². The number of benzene rings is 2. The van der Waals surface area contributed by atoms with Gasteiger partial charge in [-0.25, -0.2) is 0 Å². The third-order valence-corrected chi connectivity index (χ3v) is 3.37. The van der Waals surface area contributed by atoms with E-state index in [-0.39, 0.29) is 0 Å². The molecule has 0 atom stereocenters. The minimum atomic E-state index is 0.659. The molecule has 0 saturated heterocycles. The summed E-state index contributed by atoms with van der Waals surface area (Å²) >= 11 is 1.72. The summed E-state index contributed by atoms with van der Waals surface area (Å²) in [5.74, 6) is 1.72. The quantitative estimate of drug-likeness (QED) is 0.831. The van der Waals surface area contributed by atoms with E-state index in [0.29, 0.717) is 6.54 Å². The van der Waals surface area contributed by atoms with E-state index in [4.69, 9.17) is 10.5 Å². The van der Waals surface area contributed by atoms with Crippen LogP contribution in [0.4, 0.5) is 0 Å². The maximum atomic E-state index is 5.81. The van der Waals surface area contributed by atoms with Crippen LogP contribution in [0.5, 0.6) is 11.5 Å². The summed E-state index contributed by atoms with van der Waals surface area (Å²) in [4.78, 5) is 1.24. The van der Waals surface area contributed by atoms with E-state index < -0.39 is 0 Å². The van der Waals surface area contributed by atoms with Crippen LogP contribution < -0.4 is 10.5 Å². The van der Waals surface area contributed by atoms with Gasteiger partial charge in [0.2, 0.25) is 0 Å². The van der Waals surface area contributed by atoms with Gasteiger partial charge in [0.15, 0.2) is 0 Å². The first-order valence-corrected chi connectivity index (χ1v) is 7.15. The van der Waals surface area contributed by atoms with Crippen molar-refractivity contribution in [1.29, 1.82) is 0 Å². The average molecular weight is 259 g/mol. The molecular formula is C15H17NOS. The Hall–Kier alpha value is -1.45. The highest BCUT2D eigenvalue weighted by Gasteiger charge is 1.99. The van der Waals surface area contributed by atoms with Crippen molar-refractivity contribution in [2.45, 2.75) is 11.3 Å². The molecule has 0 aliphatic rings. The Labute approximate surface area is 112 Å². The Morgan fingerprint density at radius 2 is 1.83 bits per heavy atom. The van der Waals surface area contributed by atoms with Gasteiger partial charge >= 0.3 is 0 Å². The second-order valence-electron chi connectivity index (χ2n) is 3.96. The summed E-state index contributed by atoms with van der Waals surface area (Å²) in [6, 6.07) is 16.2. The lowest BCUT2D eigenvalue weighted by Gasteiger charge is -2.07. The number of hydrogen-bond donors (Lipinski definition) is 1. The van der Waals surface area contributed by atoms with Crippen molar-refractivity contribution < 1.29 is 4.74 Å². The number of thioether (sulfide) groups is 1. The molecule has 0 heterocycles. The highest BCUT2D eigenvalue weighted by atomic mass is 32.2. The van der Waals surface area contributed by atoms with Crippen molar-refractivity contribution >= 4 is 11.8 Å². The van der Waals surface area contributed by atoms with Crippen LogP contribution in [0.25, 0.3) is 0 Å². The van der Waals surface area contributed by atoms with E-state index in [9.17, 15) is 0 Å². The van der Waals surface area contributed by atoms with Gasteiger partial charge in [0.05, 0.1) is 0 Å². The normalized spacial score (nSPS) is 10.3. The Morgan fingerprint density at radius 1 is 1.06 bits per heavy atom. The predicted octanol–water partition coefficient (Wildman–Crippen LogP) is 3.70. The molecule has 0 amide bonds. The molecule has 0 radical (unpaired) electrons. The van der Waals surface area contributed by atoms with Crippen molar-refractivity contribution in [3.8, 4) is 11.5 Å². The lowest BCUT2D eigenvalue weighted by Crippen LogP contribution is -2.02. The van der Waals surface area contributed by atoms with Gasteiger partial charge in [0.25, 0.3) is 0 Å². The molecule has 18 heavy (non-hydrogen) atoms. The molecule has 0 aliphatic heterocycles. The van der Waals surface area contributed by atoms with Crippen LogP contribution in [0.2, 0.25) is 0 Å². The first kappa shape index (κ1) is 13.0. The molecule has 0 aromatic heterocycles. The standard InChI is InChI=1S/C15H17NOS/c1-18-15-7-5-13(6-8-15)17-14-4-2-3-12(11-14)9-10-16/h2-8,11H,9-10,16H2,1H3. The molecule has 2 N–H and O–H groups in total. The highest BCUT2D eigenvalue weighted by Crippen LogP contribution is 2.24. The second-order valence-corrected chi connectivity index (χ2v) is 4.84. The Balaban J connectivity index is 2.09. The summed E-state index contributed by atoms with van der Waals surface area (Å²) in [6.45, 7) is 0.659. The maximum absolute atomic E-state index is 5.81. The second kappa shape index (κ2) is 6.47. The number of ether oxygens (including phenoxy) is 1. The van der Waals surface area contributed by atoms with E-state index in [1.807, 2.05) is 30.3 Å². The van der Waals surface area contributed by atoms with Gasteiger partial charge in [-0.15, -0.1) is 11.8 Å². The molecule has 2 nitrogen and oxygen atoms in total. The van der Waals surface area contributed by atoms with Gasteiger partial charge in [0, 0.05) is 4.90 Å². The molecule has 0 aliphatic carbocycles. The van der Waals surface area contributed by atoms with Crippen molar-refractivity contribution in [3.05, 3.63) is 54.1 Å². The third kappa shape index (κ3) is 3.52. The molecule has 2 rings (SSSR count). The molecule has 0 fully saturated rings. The summed E-state index contributed by atoms with van der Waals surface area (Å²) in [5, 5.41) is 0. The van der Waals surface area contributed by atoms with Gasteiger partial charge in [-0.1, -0.05) is 12.1 Å². The van der Waals surface area contributed by atoms with Crippen LogP contribution in [0, 0.1) is 0 Å². The van der Waals surface area contributed by atoms with Crippen LogP contribution in [-0.2, 0) is 6.42 Å². The summed E-state index contributed by atoms with van der Waals surface area (Å²) in [5.41, 5.74) is 6.76. The molecule has 0 spiro atoms. The fourth-order valence-corrected chi connectivity index (χ4v) is 2.12. The van der Waals surface area contributed by atoms with Crippen LogP contribution in [-0.4, -0.2) is 12.8 Å². The molecule has 3 heteroatoms. The first-order valence-electron chi connectivity index (χ1n) is 5.93. The third-order valence-electron chi connectivity index (χ3n) is 2.63. The molecule has 0 bridgehead atoms. The van der Waals surface area contributed by atoms with E-state index in [1.54, 1.807) is 11.8 Å². The zero-order valence-corrected chi connectivity index (χ0v) is 11.2. The van der Waals surface area contributed by atoms with Crippen molar-refractivity contribution in [2.24, 2.45) is 5.73 Å². The van der Waals surface area contributed by atoms with Crippen molar-refractivity contribution in [2.75, 3.05) is 12.8 Å². The van der Waals surface area contributed by atoms with E-state index in [2.05, 4.69) is 24.5 Å². The van der Waals surface area contributed by atoms with E-state index in [0.717, 1.165) is 17.9 Å². The monoisotopic (exact) mass is 259 g/mol. The van der Waals surface area contributed by atoms with Crippen LogP contribution >= 0.6 is 11.8 Å². The largest absolute Gasteiger partial charge is 0.457 e. The van der Waals surface area contributed by atoms with Crippen molar-refractivity contribution in [1.82, 2.24) is 0 Å². The maximum Gasteiger partial charge on any atom is 0.127 e. The Bertz CT molecular complexity index is 496. The number of nitrogens with two attached hydrogens (primary N) is 1. The average Bonchev–Trinajstić information content (AvgIpc) is 2.40. The molecule has 94 valence electrons. The molecule has 0 saturated carbocycles. The van der Waals surface area contributed by atoms with Gasteiger partial charge in [-0.2, -0.15) is 0 Å². The van der Waals surface area contributed by atoms with Gasteiger partial charge < -0.3 is 10.5 Å². The van der Waals surface area contributed by atoms with Gasteiger partial charge in [-0.3, -0.25) is 0 Å². The summed E-state index contributed by atoms with van der Waals surface area (Å²) < 4.78 is 5.81. The fourth-order valence-electron chi connectivity index (χ4n) is 1.71. The lowest BCUT2D eigenvalue weighted by atomic mass is 10.1. The van der Waals surface area contributed by atoms with Crippen molar-refractivity contribution in [3.63, 3.8) is 0 Å². The smallest absolute Gasteiger partial charge is 0.127 e. The predicted molar refractivity (Wildman–Crippen MR) is 77.5 cm³/mol. The SMILES string of the molecule is CSc1ccc(Oc2cccc(CCN)c2)cc1. The molecule has 2 aromatic rings. The highest BCUT2D eigenvalue weighted by molar-refractivity contribution is 7.98. The Morgan fingerprint density at radius 3 is 2.50 bits per heavy atom. The summed E-state index contributed by atoms with van der Waals surface area (Å²) in [7, 11) is 0. The zero-order valence-electron chi connectivity index (χ0n) is 10.4. The van der Waals surface area contributed by atoms with E-state index >= 15 is 0 Å². The van der Waals surface area contributed by atoms with Crippen LogP contribution in [0.15, 0.2) is 53.4 Å².